The first-order valence-electron chi connectivity index (χ1n) is 11.7. The van der Waals surface area contributed by atoms with E-state index in [1.807, 2.05) is 4.68 Å². The van der Waals surface area contributed by atoms with Crippen molar-refractivity contribution in [2.24, 2.45) is 0 Å². The third kappa shape index (κ3) is 3.24. The van der Waals surface area contributed by atoms with Gasteiger partial charge in [-0.2, -0.15) is 5.10 Å². The standard InChI is InChI=1S/C23H24F3N5O3/c24-13-8-12(9-14(25)21(13)26)28-22(32)29-11-19-18(10-27-31(19)16-6-3-5-15(16)29)30-17-4-1-2-7-20(17)34-23(30)33/h8-10,15-17,20H,1-7,11H2,(H,28,32)/t15-,16+,17-,20+/m0/s1. The summed E-state index contributed by atoms with van der Waals surface area (Å²) in [6, 6.07) is 0.704. The fraction of sp³-hybridized carbons (Fsp3) is 0.522. The van der Waals surface area contributed by atoms with Gasteiger partial charge in [-0.25, -0.2) is 22.8 Å². The van der Waals surface area contributed by atoms with Crippen LogP contribution in [0.1, 0.15) is 56.7 Å². The molecule has 1 aromatic carbocycles. The first-order valence-corrected chi connectivity index (χ1v) is 11.7. The number of urea groups is 1. The molecule has 3 amide bonds. The molecule has 8 nitrogen and oxygen atoms in total. The zero-order valence-electron chi connectivity index (χ0n) is 18.3. The van der Waals surface area contributed by atoms with Crippen LogP contribution in [-0.2, 0) is 11.3 Å². The second-order valence-electron chi connectivity index (χ2n) is 9.44. The first kappa shape index (κ1) is 21.3. The molecule has 6 rings (SSSR count). The average Bonchev–Trinajstić information content (AvgIpc) is 3.52. The van der Waals surface area contributed by atoms with Crippen LogP contribution in [0, 0.1) is 17.5 Å². The Labute approximate surface area is 193 Å². The summed E-state index contributed by atoms with van der Waals surface area (Å²) in [5, 5.41) is 7.10. The molecule has 2 saturated carbocycles. The van der Waals surface area contributed by atoms with Crippen molar-refractivity contribution in [2.75, 3.05) is 10.2 Å². The van der Waals surface area contributed by atoms with E-state index in [4.69, 9.17) is 4.74 Å². The average molecular weight is 475 g/mol. The molecule has 2 aromatic rings. The van der Waals surface area contributed by atoms with E-state index in [0.717, 1.165) is 62.8 Å². The highest BCUT2D eigenvalue weighted by atomic mass is 19.2. The summed E-state index contributed by atoms with van der Waals surface area (Å²) >= 11 is 0. The van der Waals surface area contributed by atoms with Crippen molar-refractivity contribution in [3.05, 3.63) is 41.5 Å². The predicted octanol–water partition coefficient (Wildman–Crippen LogP) is 4.71. The summed E-state index contributed by atoms with van der Waals surface area (Å²) in [6.07, 6.45) is 7.34. The number of carbonyl (C=O) groups excluding carboxylic acids is 2. The minimum absolute atomic E-state index is 0.0520. The lowest BCUT2D eigenvalue weighted by molar-refractivity contribution is 0.113. The molecule has 2 aliphatic heterocycles. The van der Waals surface area contributed by atoms with E-state index in [0.29, 0.717) is 5.69 Å². The van der Waals surface area contributed by atoms with Crippen LogP contribution in [0.4, 0.5) is 34.1 Å². The molecule has 180 valence electrons. The zero-order chi connectivity index (χ0) is 23.6. The summed E-state index contributed by atoms with van der Waals surface area (Å²) in [5.41, 5.74) is 1.21. The summed E-state index contributed by atoms with van der Waals surface area (Å²) in [7, 11) is 0. The van der Waals surface area contributed by atoms with E-state index in [2.05, 4.69) is 10.4 Å². The number of hydrogen-bond acceptors (Lipinski definition) is 4. The molecular formula is C23H24F3N5O3. The highest BCUT2D eigenvalue weighted by molar-refractivity contribution is 5.92. The normalized spacial score (nSPS) is 27.8. The van der Waals surface area contributed by atoms with Gasteiger partial charge in [0.05, 0.1) is 42.2 Å². The number of benzene rings is 1. The van der Waals surface area contributed by atoms with Crippen molar-refractivity contribution >= 4 is 23.5 Å². The van der Waals surface area contributed by atoms with Gasteiger partial charge < -0.3 is 15.0 Å². The second-order valence-corrected chi connectivity index (χ2v) is 9.44. The molecule has 3 heterocycles. The number of hydrogen-bond donors (Lipinski definition) is 1. The largest absolute Gasteiger partial charge is 0.444 e. The third-order valence-electron chi connectivity index (χ3n) is 7.56. The molecule has 1 N–H and O–H groups in total. The van der Waals surface area contributed by atoms with Crippen LogP contribution in [0.25, 0.3) is 0 Å². The lowest BCUT2D eigenvalue weighted by Gasteiger charge is -2.39. The molecule has 0 radical (unpaired) electrons. The number of anilines is 2. The highest BCUT2D eigenvalue weighted by Crippen LogP contribution is 2.44. The maximum absolute atomic E-state index is 13.7. The van der Waals surface area contributed by atoms with Crippen molar-refractivity contribution in [1.82, 2.24) is 14.7 Å². The topological polar surface area (TPSA) is 79.7 Å². The van der Waals surface area contributed by atoms with Crippen LogP contribution in [0.5, 0.6) is 0 Å². The van der Waals surface area contributed by atoms with Crippen LogP contribution in [0.3, 0.4) is 0 Å². The first-order chi connectivity index (χ1) is 16.4. The molecular weight excluding hydrogens is 451 g/mol. The van der Waals surface area contributed by atoms with Gasteiger partial charge in [-0.3, -0.25) is 9.58 Å². The van der Waals surface area contributed by atoms with Crippen molar-refractivity contribution in [3.8, 4) is 0 Å². The van der Waals surface area contributed by atoms with Gasteiger partial charge in [0.2, 0.25) is 0 Å². The third-order valence-corrected chi connectivity index (χ3v) is 7.56. The number of nitrogens with zero attached hydrogens (tertiary/aromatic N) is 4. The number of amides is 3. The minimum Gasteiger partial charge on any atom is -0.444 e. The highest BCUT2D eigenvalue weighted by Gasteiger charge is 2.48. The van der Waals surface area contributed by atoms with E-state index in [-0.39, 0.29) is 36.5 Å². The van der Waals surface area contributed by atoms with Gasteiger partial charge in [-0.15, -0.1) is 0 Å². The Balaban J connectivity index is 1.31. The molecule has 34 heavy (non-hydrogen) atoms. The van der Waals surface area contributed by atoms with Crippen LogP contribution in [-0.4, -0.2) is 45.0 Å². The molecule has 0 spiro atoms. The zero-order valence-corrected chi connectivity index (χ0v) is 18.3. The van der Waals surface area contributed by atoms with Crippen LogP contribution < -0.4 is 10.2 Å². The van der Waals surface area contributed by atoms with Crippen molar-refractivity contribution in [2.45, 2.75) is 75.7 Å². The van der Waals surface area contributed by atoms with Crippen molar-refractivity contribution < 1.29 is 27.5 Å². The molecule has 1 aromatic heterocycles. The van der Waals surface area contributed by atoms with E-state index in [1.54, 1.807) is 16.0 Å². The maximum Gasteiger partial charge on any atom is 0.415 e. The SMILES string of the molecule is O=C(Nc1cc(F)c(F)c(F)c1)N1Cc2c(N3C(=O)O[C@@H]4CCCC[C@@H]43)cnn2[C@@H]2CCC[C@@H]21. The summed E-state index contributed by atoms with van der Waals surface area (Å²) in [4.78, 5) is 29.3. The Hall–Kier alpha value is -3.24. The number of rotatable bonds is 2. The predicted molar refractivity (Wildman–Crippen MR) is 115 cm³/mol. The van der Waals surface area contributed by atoms with Crippen LogP contribution in [0.15, 0.2) is 18.3 Å². The number of halogens is 3. The lowest BCUT2D eigenvalue weighted by Crippen LogP contribution is -2.49. The summed E-state index contributed by atoms with van der Waals surface area (Å²) in [5.74, 6) is -4.33. The fourth-order valence-electron chi connectivity index (χ4n) is 6.02. The number of aromatic nitrogens is 2. The van der Waals surface area contributed by atoms with Crippen LogP contribution >= 0.6 is 0 Å². The van der Waals surface area contributed by atoms with Gasteiger partial charge in [-0.05, 0) is 38.5 Å². The minimum atomic E-state index is -1.58. The molecule has 4 aliphatic rings. The van der Waals surface area contributed by atoms with Gasteiger partial charge in [0.1, 0.15) is 6.10 Å². The quantitative estimate of drug-likeness (QED) is 0.638. The Morgan fingerprint density at radius 2 is 1.71 bits per heavy atom. The lowest BCUT2D eigenvalue weighted by atomic mass is 9.92. The van der Waals surface area contributed by atoms with Crippen molar-refractivity contribution in [3.63, 3.8) is 0 Å². The molecule has 4 atom stereocenters. The van der Waals surface area contributed by atoms with E-state index >= 15 is 0 Å². The van der Waals surface area contributed by atoms with E-state index in [1.165, 1.54) is 0 Å². The Bertz CT molecular complexity index is 1150. The fourth-order valence-corrected chi connectivity index (χ4v) is 6.02. The summed E-state index contributed by atoms with van der Waals surface area (Å²) < 4.78 is 48.2. The maximum atomic E-state index is 13.7. The van der Waals surface area contributed by atoms with E-state index in [9.17, 15) is 22.8 Å². The number of nitrogens with one attached hydrogen (secondary N) is 1. The number of carbonyl (C=O) groups is 2. The monoisotopic (exact) mass is 475 g/mol. The van der Waals surface area contributed by atoms with Gasteiger partial charge >= 0.3 is 12.1 Å². The molecule has 3 fully saturated rings. The molecule has 2 aliphatic carbocycles. The van der Waals surface area contributed by atoms with Gasteiger partial charge in [0.15, 0.2) is 17.5 Å². The second kappa shape index (κ2) is 7.92. The Kier molecular flexibility index (Phi) is 4.96. The summed E-state index contributed by atoms with van der Waals surface area (Å²) in [6.45, 7) is 0.176. The number of ether oxygens (including phenoxy) is 1. The smallest absolute Gasteiger partial charge is 0.415 e. The van der Waals surface area contributed by atoms with E-state index < -0.39 is 29.6 Å². The van der Waals surface area contributed by atoms with Gasteiger partial charge in [0.25, 0.3) is 0 Å². The number of fused-ring (bicyclic) bond motifs is 4. The van der Waals surface area contributed by atoms with Gasteiger partial charge in [0, 0.05) is 17.8 Å². The Morgan fingerprint density at radius 1 is 1.00 bits per heavy atom. The Morgan fingerprint density at radius 3 is 2.50 bits per heavy atom. The van der Waals surface area contributed by atoms with Crippen molar-refractivity contribution in [1.29, 1.82) is 0 Å². The molecule has 0 unspecified atom stereocenters. The molecule has 11 heteroatoms. The van der Waals surface area contributed by atoms with Gasteiger partial charge in [-0.1, -0.05) is 6.42 Å². The molecule has 0 bridgehead atoms. The van der Waals surface area contributed by atoms with Crippen LogP contribution in [0.2, 0.25) is 0 Å². The molecule has 1 saturated heterocycles.